The first-order valence-electron chi connectivity index (χ1n) is 7.43. The van der Waals surface area contributed by atoms with Crippen molar-refractivity contribution in [2.24, 2.45) is 5.73 Å². The predicted molar refractivity (Wildman–Crippen MR) is 91.8 cm³/mol. The smallest absolute Gasteiger partial charge is 0.242 e. The molecule has 1 fully saturated rings. The van der Waals surface area contributed by atoms with E-state index in [-0.39, 0.29) is 24.4 Å². The summed E-state index contributed by atoms with van der Waals surface area (Å²) < 4.78 is 5.89. The number of amides is 1. The van der Waals surface area contributed by atoms with Crippen LogP contribution < -0.4 is 10.5 Å². The molecule has 1 heterocycles. The summed E-state index contributed by atoms with van der Waals surface area (Å²) in [5.41, 5.74) is 5.34. The summed E-state index contributed by atoms with van der Waals surface area (Å²) in [4.78, 5) is 14.2. The Labute approximate surface area is 143 Å². The van der Waals surface area contributed by atoms with E-state index in [0.29, 0.717) is 24.5 Å². The molecule has 2 unspecified atom stereocenters. The van der Waals surface area contributed by atoms with Gasteiger partial charge in [-0.15, -0.1) is 12.4 Å². The first-order chi connectivity index (χ1) is 9.92. The lowest BCUT2D eigenvalue weighted by molar-refractivity contribution is -0.135. The molecule has 1 aromatic rings. The second kappa shape index (κ2) is 8.04. The summed E-state index contributed by atoms with van der Waals surface area (Å²) in [6.07, 6.45) is 2.42. The lowest BCUT2D eigenvalue weighted by Crippen LogP contribution is -2.52. The predicted octanol–water partition coefficient (Wildman–Crippen LogP) is 3.26. The van der Waals surface area contributed by atoms with Crippen LogP contribution in [0.4, 0.5) is 0 Å². The average Bonchev–Trinajstić information content (AvgIpc) is 2.86. The van der Waals surface area contributed by atoms with E-state index in [0.717, 1.165) is 18.6 Å². The van der Waals surface area contributed by atoms with Crippen molar-refractivity contribution < 1.29 is 9.53 Å². The molecule has 0 saturated carbocycles. The van der Waals surface area contributed by atoms with E-state index in [1.165, 1.54) is 0 Å². The fourth-order valence-electron chi connectivity index (χ4n) is 2.73. The number of benzene rings is 1. The monoisotopic (exact) mass is 346 g/mol. The first kappa shape index (κ1) is 19.1. The van der Waals surface area contributed by atoms with E-state index in [2.05, 4.69) is 0 Å². The van der Waals surface area contributed by atoms with Crippen molar-refractivity contribution in [3.63, 3.8) is 0 Å². The molecule has 124 valence electrons. The van der Waals surface area contributed by atoms with Crippen LogP contribution in [-0.4, -0.2) is 35.5 Å². The summed E-state index contributed by atoms with van der Waals surface area (Å²) >= 11 is 5.94. The van der Waals surface area contributed by atoms with Gasteiger partial charge in [-0.05, 0) is 31.5 Å². The fraction of sp³-hybridized carbons (Fsp3) is 0.562. The van der Waals surface area contributed by atoms with Gasteiger partial charge in [0.1, 0.15) is 11.9 Å². The molecule has 1 aliphatic heterocycles. The highest BCUT2D eigenvalue weighted by atomic mass is 35.5. The van der Waals surface area contributed by atoms with Gasteiger partial charge >= 0.3 is 0 Å². The number of hydrogen-bond acceptors (Lipinski definition) is 3. The summed E-state index contributed by atoms with van der Waals surface area (Å²) in [5.74, 6) is 0.757. The number of carbonyl (C=O) groups excluding carboxylic acids is 1. The number of nitrogens with zero attached hydrogens (tertiary/aromatic N) is 1. The van der Waals surface area contributed by atoms with Gasteiger partial charge in [0, 0.05) is 18.0 Å². The minimum atomic E-state index is -0.778. The maximum Gasteiger partial charge on any atom is 0.242 e. The van der Waals surface area contributed by atoms with E-state index in [1.807, 2.05) is 36.9 Å². The number of nitrogens with two attached hydrogens (primary N) is 1. The van der Waals surface area contributed by atoms with Crippen LogP contribution in [0.1, 0.15) is 33.1 Å². The van der Waals surface area contributed by atoms with E-state index >= 15 is 0 Å². The molecule has 2 atom stereocenters. The SMILES string of the molecule is CCCC(C)(N)C(=O)N1CCC(Oc2cccc(Cl)c2)C1.Cl. The van der Waals surface area contributed by atoms with Crippen LogP contribution in [-0.2, 0) is 4.79 Å². The average molecular weight is 347 g/mol. The molecule has 2 N–H and O–H groups in total. The maximum atomic E-state index is 12.4. The molecule has 0 radical (unpaired) electrons. The Morgan fingerprint density at radius 2 is 2.27 bits per heavy atom. The lowest BCUT2D eigenvalue weighted by Gasteiger charge is -2.28. The molecule has 2 rings (SSSR count). The van der Waals surface area contributed by atoms with Crippen LogP contribution >= 0.6 is 24.0 Å². The molecule has 1 aromatic carbocycles. The van der Waals surface area contributed by atoms with Gasteiger partial charge in [-0.3, -0.25) is 4.79 Å². The second-order valence-corrected chi connectivity index (χ2v) is 6.34. The summed E-state index contributed by atoms with van der Waals surface area (Å²) in [6.45, 7) is 5.12. The van der Waals surface area contributed by atoms with Crippen molar-refractivity contribution in [3.05, 3.63) is 29.3 Å². The third-order valence-corrected chi connectivity index (χ3v) is 4.02. The molecule has 0 aromatic heterocycles. The highest BCUT2D eigenvalue weighted by Gasteiger charge is 2.36. The fourth-order valence-corrected chi connectivity index (χ4v) is 2.91. The molecule has 1 amide bonds. The van der Waals surface area contributed by atoms with Crippen LogP contribution in [0.25, 0.3) is 0 Å². The largest absolute Gasteiger partial charge is 0.488 e. The van der Waals surface area contributed by atoms with Crippen LogP contribution in [0, 0.1) is 0 Å². The Morgan fingerprint density at radius 1 is 1.55 bits per heavy atom. The third kappa shape index (κ3) is 4.77. The van der Waals surface area contributed by atoms with Crippen molar-refractivity contribution in [1.82, 2.24) is 4.90 Å². The van der Waals surface area contributed by atoms with Gasteiger partial charge in [-0.2, -0.15) is 0 Å². The molecule has 6 heteroatoms. The minimum absolute atomic E-state index is 0. The number of likely N-dealkylation sites (tertiary alicyclic amines) is 1. The molecular formula is C16H24Cl2N2O2. The topological polar surface area (TPSA) is 55.6 Å². The van der Waals surface area contributed by atoms with E-state index in [1.54, 1.807) is 6.07 Å². The van der Waals surface area contributed by atoms with Gasteiger partial charge in [0.2, 0.25) is 5.91 Å². The highest BCUT2D eigenvalue weighted by Crippen LogP contribution is 2.23. The van der Waals surface area contributed by atoms with Crippen molar-refractivity contribution in [2.75, 3.05) is 13.1 Å². The highest BCUT2D eigenvalue weighted by molar-refractivity contribution is 6.30. The molecule has 0 spiro atoms. The summed E-state index contributed by atoms with van der Waals surface area (Å²) in [7, 11) is 0. The zero-order chi connectivity index (χ0) is 15.5. The maximum absolute atomic E-state index is 12.4. The van der Waals surface area contributed by atoms with Gasteiger partial charge in [-0.1, -0.05) is 31.0 Å². The second-order valence-electron chi connectivity index (χ2n) is 5.90. The Morgan fingerprint density at radius 3 is 2.91 bits per heavy atom. The molecule has 4 nitrogen and oxygen atoms in total. The van der Waals surface area contributed by atoms with Gasteiger partial charge in [0.25, 0.3) is 0 Å². The normalized spacial score (nSPS) is 20.2. The van der Waals surface area contributed by atoms with E-state index in [9.17, 15) is 4.79 Å². The van der Waals surface area contributed by atoms with Gasteiger partial charge in [0.15, 0.2) is 0 Å². The number of ether oxygens (including phenoxy) is 1. The molecule has 0 bridgehead atoms. The van der Waals surface area contributed by atoms with Crippen LogP contribution in [0.3, 0.4) is 0 Å². The Bertz CT molecular complexity index is 509. The van der Waals surface area contributed by atoms with Gasteiger partial charge in [-0.25, -0.2) is 0 Å². The van der Waals surface area contributed by atoms with Crippen molar-refractivity contribution in [2.45, 2.75) is 44.8 Å². The number of rotatable bonds is 5. The Hall–Kier alpha value is -0.970. The molecule has 1 aliphatic rings. The van der Waals surface area contributed by atoms with Crippen molar-refractivity contribution >= 4 is 29.9 Å². The third-order valence-electron chi connectivity index (χ3n) is 3.79. The number of carbonyl (C=O) groups is 1. The molecule has 0 aliphatic carbocycles. The Balaban J connectivity index is 0.00000242. The lowest BCUT2D eigenvalue weighted by atomic mass is 9.96. The van der Waals surface area contributed by atoms with Crippen LogP contribution in [0.5, 0.6) is 5.75 Å². The number of halogens is 2. The molecule has 22 heavy (non-hydrogen) atoms. The van der Waals surface area contributed by atoms with Gasteiger partial charge in [0.05, 0.1) is 12.1 Å². The number of hydrogen-bond donors (Lipinski definition) is 1. The molecular weight excluding hydrogens is 323 g/mol. The minimum Gasteiger partial charge on any atom is -0.488 e. The quantitative estimate of drug-likeness (QED) is 0.890. The van der Waals surface area contributed by atoms with Crippen molar-refractivity contribution in [3.8, 4) is 5.75 Å². The zero-order valence-electron chi connectivity index (χ0n) is 13.0. The molecule has 1 saturated heterocycles. The van der Waals surface area contributed by atoms with E-state index in [4.69, 9.17) is 22.1 Å². The van der Waals surface area contributed by atoms with Crippen LogP contribution in [0.2, 0.25) is 5.02 Å². The standard InChI is InChI=1S/C16H23ClN2O2.ClH/c1-3-8-16(2,18)15(20)19-9-7-14(11-19)21-13-6-4-5-12(17)10-13;/h4-6,10,14H,3,7-9,11,18H2,1-2H3;1H. The summed E-state index contributed by atoms with van der Waals surface area (Å²) in [5, 5.41) is 0.649. The van der Waals surface area contributed by atoms with E-state index < -0.39 is 5.54 Å². The summed E-state index contributed by atoms with van der Waals surface area (Å²) in [6, 6.07) is 7.33. The van der Waals surface area contributed by atoms with Crippen molar-refractivity contribution in [1.29, 1.82) is 0 Å². The van der Waals surface area contributed by atoms with Crippen LogP contribution in [0.15, 0.2) is 24.3 Å². The zero-order valence-corrected chi connectivity index (χ0v) is 14.6. The van der Waals surface area contributed by atoms with Gasteiger partial charge < -0.3 is 15.4 Å². The Kier molecular flexibility index (Phi) is 6.98. The first-order valence-corrected chi connectivity index (χ1v) is 7.80.